The summed E-state index contributed by atoms with van der Waals surface area (Å²) in [6.07, 6.45) is 1.44. The lowest BCUT2D eigenvalue weighted by molar-refractivity contribution is -0.114. The number of ether oxygens (including phenoxy) is 1. The lowest BCUT2D eigenvalue weighted by Crippen LogP contribution is -2.45. The Bertz CT molecular complexity index is 601. The van der Waals surface area contributed by atoms with Gasteiger partial charge in [0.2, 0.25) is 5.91 Å². The molecule has 0 unspecified atom stereocenters. The van der Waals surface area contributed by atoms with E-state index in [9.17, 15) is 4.79 Å². The number of nitrogens with zero attached hydrogens (tertiary/aromatic N) is 2. The van der Waals surface area contributed by atoms with E-state index in [1.807, 2.05) is 6.07 Å². The van der Waals surface area contributed by atoms with Crippen molar-refractivity contribution in [3.8, 4) is 5.75 Å². The SMILES string of the molecule is COc1cc(NC(C)=O)c2c(c1)[C@]1(C)CCN(C)[C@@H]1N2C. The molecule has 0 aliphatic carbocycles. The standard InChI is InChI=1S/C16H23N3O2/c1-10(20)17-13-9-11(21-5)8-12-14(13)19(4)15-16(12,2)6-7-18(15)3/h8-9,15H,6-7H2,1-5H3,(H,17,20)/t15-,16+/m1/s1. The average molecular weight is 289 g/mol. The van der Waals surface area contributed by atoms with Crippen molar-refractivity contribution in [2.45, 2.75) is 31.8 Å². The minimum atomic E-state index is -0.0607. The first kappa shape index (κ1) is 14.2. The number of nitrogens with one attached hydrogen (secondary N) is 1. The van der Waals surface area contributed by atoms with Gasteiger partial charge in [-0.15, -0.1) is 0 Å². The largest absolute Gasteiger partial charge is 0.497 e. The molecule has 0 spiro atoms. The highest BCUT2D eigenvalue weighted by molar-refractivity contribution is 5.95. The van der Waals surface area contributed by atoms with Gasteiger partial charge < -0.3 is 15.0 Å². The van der Waals surface area contributed by atoms with Crippen LogP contribution in [0, 0.1) is 0 Å². The van der Waals surface area contributed by atoms with Crippen molar-refractivity contribution in [3.05, 3.63) is 17.7 Å². The fourth-order valence-electron chi connectivity index (χ4n) is 4.09. The predicted octanol–water partition coefficient (Wildman–Crippen LogP) is 2.02. The maximum Gasteiger partial charge on any atom is 0.221 e. The minimum Gasteiger partial charge on any atom is -0.497 e. The number of likely N-dealkylation sites (N-methyl/N-ethyl adjacent to an activating group) is 2. The molecule has 1 aromatic rings. The van der Waals surface area contributed by atoms with Crippen molar-refractivity contribution in [2.75, 3.05) is 38.0 Å². The molecule has 1 N–H and O–H groups in total. The summed E-state index contributed by atoms with van der Waals surface area (Å²) in [5, 5.41) is 2.95. The van der Waals surface area contributed by atoms with E-state index in [4.69, 9.17) is 4.74 Å². The number of carbonyl (C=O) groups is 1. The summed E-state index contributed by atoms with van der Waals surface area (Å²) in [6.45, 7) is 4.92. The first-order chi connectivity index (χ1) is 9.88. The van der Waals surface area contributed by atoms with Gasteiger partial charge in [0.15, 0.2) is 0 Å². The van der Waals surface area contributed by atoms with Gasteiger partial charge in [-0.1, -0.05) is 6.92 Å². The fourth-order valence-corrected chi connectivity index (χ4v) is 4.09. The number of rotatable bonds is 2. The molecule has 0 radical (unpaired) electrons. The van der Waals surface area contributed by atoms with Crippen LogP contribution in [0.2, 0.25) is 0 Å². The van der Waals surface area contributed by atoms with E-state index >= 15 is 0 Å². The Morgan fingerprint density at radius 2 is 2.14 bits per heavy atom. The summed E-state index contributed by atoms with van der Waals surface area (Å²) < 4.78 is 5.43. The predicted molar refractivity (Wildman–Crippen MR) is 84.1 cm³/mol. The topological polar surface area (TPSA) is 44.8 Å². The molecular formula is C16H23N3O2. The normalized spacial score (nSPS) is 27.5. The molecule has 2 atom stereocenters. The third-order valence-electron chi connectivity index (χ3n) is 4.94. The number of carbonyl (C=O) groups excluding carboxylic acids is 1. The smallest absolute Gasteiger partial charge is 0.221 e. The van der Waals surface area contributed by atoms with Crippen molar-refractivity contribution in [1.82, 2.24) is 4.90 Å². The molecule has 0 saturated carbocycles. The Morgan fingerprint density at radius 1 is 1.43 bits per heavy atom. The minimum absolute atomic E-state index is 0.0607. The van der Waals surface area contributed by atoms with Crippen molar-refractivity contribution in [3.63, 3.8) is 0 Å². The second kappa shape index (κ2) is 4.63. The molecule has 1 saturated heterocycles. The summed E-state index contributed by atoms with van der Waals surface area (Å²) in [4.78, 5) is 16.2. The summed E-state index contributed by atoms with van der Waals surface area (Å²) in [7, 11) is 5.93. The fraction of sp³-hybridized carbons (Fsp3) is 0.562. The third-order valence-corrected chi connectivity index (χ3v) is 4.94. The summed E-state index contributed by atoms with van der Waals surface area (Å²) in [6, 6.07) is 4.03. The number of likely N-dealkylation sites (tertiary alicyclic amines) is 1. The van der Waals surface area contributed by atoms with E-state index in [0.29, 0.717) is 6.17 Å². The lowest BCUT2D eigenvalue weighted by Gasteiger charge is -2.32. The maximum absolute atomic E-state index is 11.5. The Balaban J connectivity index is 2.19. The second-order valence-electron chi connectivity index (χ2n) is 6.38. The van der Waals surface area contributed by atoms with E-state index in [1.165, 1.54) is 12.5 Å². The van der Waals surface area contributed by atoms with Crippen LogP contribution < -0.4 is 15.0 Å². The van der Waals surface area contributed by atoms with Gasteiger partial charge in [-0.05, 0) is 25.1 Å². The number of methoxy groups -OCH3 is 1. The molecule has 3 rings (SSSR count). The highest BCUT2D eigenvalue weighted by Gasteiger charge is 2.53. The Hall–Kier alpha value is -1.75. The van der Waals surface area contributed by atoms with E-state index < -0.39 is 0 Å². The molecule has 114 valence electrons. The highest BCUT2D eigenvalue weighted by atomic mass is 16.5. The van der Waals surface area contributed by atoms with Crippen LogP contribution in [0.4, 0.5) is 11.4 Å². The van der Waals surface area contributed by atoms with Crippen LogP contribution in [0.3, 0.4) is 0 Å². The molecule has 21 heavy (non-hydrogen) atoms. The van der Waals surface area contributed by atoms with Crippen LogP contribution in [0.5, 0.6) is 5.75 Å². The van der Waals surface area contributed by atoms with Gasteiger partial charge in [-0.25, -0.2) is 0 Å². The molecule has 2 aliphatic heterocycles. The molecule has 5 heteroatoms. The van der Waals surface area contributed by atoms with Crippen molar-refractivity contribution >= 4 is 17.3 Å². The Morgan fingerprint density at radius 3 is 2.76 bits per heavy atom. The quantitative estimate of drug-likeness (QED) is 0.905. The molecule has 1 amide bonds. The van der Waals surface area contributed by atoms with Crippen LogP contribution in [-0.2, 0) is 10.2 Å². The zero-order valence-electron chi connectivity index (χ0n) is 13.4. The zero-order valence-corrected chi connectivity index (χ0v) is 13.4. The van der Waals surface area contributed by atoms with E-state index in [2.05, 4.69) is 42.2 Å². The monoisotopic (exact) mass is 289 g/mol. The van der Waals surface area contributed by atoms with Crippen LogP contribution in [0.15, 0.2) is 12.1 Å². The van der Waals surface area contributed by atoms with Gasteiger partial charge in [0, 0.05) is 32.0 Å². The summed E-state index contributed by atoms with van der Waals surface area (Å²) in [5.74, 6) is 0.733. The second-order valence-corrected chi connectivity index (χ2v) is 6.38. The number of benzene rings is 1. The molecule has 1 fully saturated rings. The summed E-state index contributed by atoms with van der Waals surface area (Å²) in [5.41, 5.74) is 3.29. The van der Waals surface area contributed by atoms with Crippen molar-refractivity contribution in [2.24, 2.45) is 0 Å². The van der Waals surface area contributed by atoms with E-state index in [-0.39, 0.29) is 11.3 Å². The van der Waals surface area contributed by atoms with Crippen LogP contribution >= 0.6 is 0 Å². The Kier molecular flexibility index (Phi) is 3.13. The molecule has 5 nitrogen and oxygen atoms in total. The van der Waals surface area contributed by atoms with Gasteiger partial charge in [0.05, 0.1) is 24.7 Å². The van der Waals surface area contributed by atoms with Gasteiger partial charge in [0.25, 0.3) is 0 Å². The van der Waals surface area contributed by atoms with Gasteiger partial charge in [0.1, 0.15) is 5.75 Å². The molecule has 2 heterocycles. The number of hydrogen-bond acceptors (Lipinski definition) is 4. The van der Waals surface area contributed by atoms with Gasteiger partial charge in [-0.3, -0.25) is 9.69 Å². The van der Waals surface area contributed by atoms with Crippen LogP contribution in [0.25, 0.3) is 0 Å². The highest BCUT2D eigenvalue weighted by Crippen LogP contribution is 2.54. The molecule has 1 aromatic carbocycles. The van der Waals surface area contributed by atoms with E-state index in [1.54, 1.807) is 7.11 Å². The molecular weight excluding hydrogens is 266 g/mol. The average Bonchev–Trinajstić information content (AvgIpc) is 2.84. The molecule has 0 aromatic heterocycles. The number of amides is 1. The number of anilines is 2. The summed E-state index contributed by atoms with van der Waals surface area (Å²) >= 11 is 0. The van der Waals surface area contributed by atoms with Crippen molar-refractivity contribution in [1.29, 1.82) is 0 Å². The molecule has 2 aliphatic rings. The van der Waals surface area contributed by atoms with Gasteiger partial charge >= 0.3 is 0 Å². The van der Waals surface area contributed by atoms with E-state index in [0.717, 1.165) is 30.1 Å². The maximum atomic E-state index is 11.5. The number of fused-ring (bicyclic) bond motifs is 3. The first-order valence-corrected chi connectivity index (χ1v) is 7.31. The van der Waals surface area contributed by atoms with Crippen molar-refractivity contribution < 1.29 is 9.53 Å². The Labute approximate surface area is 125 Å². The first-order valence-electron chi connectivity index (χ1n) is 7.31. The zero-order chi connectivity index (χ0) is 15.4. The van der Waals surface area contributed by atoms with Crippen LogP contribution in [0.1, 0.15) is 25.8 Å². The molecule has 0 bridgehead atoms. The third kappa shape index (κ3) is 1.91. The van der Waals surface area contributed by atoms with Crippen LogP contribution in [-0.4, -0.2) is 44.7 Å². The lowest BCUT2D eigenvalue weighted by atomic mass is 9.81. The number of hydrogen-bond donors (Lipinski definition) is 1. The van der Waals surface area contributed by atoms with Gasteiger partial charge in [-0.2, -0.15) is 0 Å².